The third-order valence-electron chi connectivity index (χ3n) is 3.16. The second-order valence-corrected chi connectivity index (χ2v) is 6.25. The molecule has 2 aromatic rings. The molecular weight excluding hydrogens is 389 g/mol. The van der Waals surface area contributed by atoms with Crippen LogP contribution in [0.5, 0.6) is 11.5 Å². The third-order valence-corrected chi connectivity index (χ3v) is 4.61. The lowest BCUT2D eigenvalue weighted by molar-refractivity contribution is 0.280. The van der Waals surface area contributed by atoms with Gasteiger partial charge in [-0.3, -0.25) is 0 Å². The Morgan fingerprint density at radius 2 is 1.77 bits per heavy atom. The normalized spacial score (nSPS) is 10.6. The van der Waals surface area contributed by atoms with Gasteiger partial charge >= 0.3 is 0 Å². The highest BCUT2D eigenvalue weighted by molar-refractivity contribution is 9.10. The van der Waals surface area contributed by atoms with Crippen LogP contribution in [0.1, 0.15) is 11.1 Å². The predicted molar refractivity (Wildman–Crippen MR) is 94.3 cm³/mol. The average molecular weight is 405 g/mol. The number of nitrogens with one attached hydrogen (secondary N) is 1. The monoisotopic (exact) mass is 403 g/mol. The van der Waals surface area contributed by atoms with Crippen LogP contribution in [0.15, 0.2) is 34.8 Å². The third kappa shape index (κ3) is 3.87. The van der Waals surface area contributed by atoms with E-state index in [1.54, 1.807) is 25.3 Å². The molecule has 0 radical (unpaired) electrons. The maximum Gasteiger partial charge on any atom is 0.167 e. The highest BCUT2D eigenvalue weighted by atomic mass is 79.9. The van der Waals surface area contributed by atoms with Crippen LogP contribution >= 0.6 is 39.1 Å². The van der Waals surface area contributed by atoms with E-state index in [0.29, 0.717) is 28.1 Å². The quantitative estimate of drug-likeness (QED) is 0.729. The van der Waals surface area contributed by atoms with E-state index < -0.39 is 0 Å². The molecule has 6 heteroatoms. The molecule has 1 N–H and O–H groups in total. The van der Waals surface area contributed by atoms with Gasteiger partial charge in [0.2, 0.25) is 0 Å². The summed E-state index contributed by atoms with van der Waals surface area (Å²) in [6, 6.07) is 9.17. The summed E-state index contributed by atoms with van der Waals surface area (Å²) in [6.45, 7) is 0.908. The molecule has 0 amide bonds. The van der Waals surface area contributed by atoms with Gasteiger partial charge in [0.25, 0.3) is 0 Å². The largest absolute Gasteiger partial charge is 0.493 e. The number of rotatable bonds is 6. The summed E-state index contributed by atoms with van der Waals surface area (Å²) in [6.07, 6.45) is 0. The summed E-state index contributed by atoms with van der Waals surface area (Å²) in [5, 5.41) is 4.28. The molecule has 118 valence electrons. The molecule has 2 aromatic carbocycles. The molecule has 0 heterocycles. The van der Waals surface area contributed by atoms with Crippen molar-refractivity contribution in [2.45, 2.75) is 13.2 Å². The summed E-state index contributed by atoms with van der Waals surface area (Å²) in [4.78, 5) is 0. The summed E-state index contributed by atoms with van der Waals surface area (Å²) in [5.41, 5.74) is 1.73. The number of benzene rings is 2. The van der Waals surface area contributed by atoms with E-state index >= 15 is 0 Å². The molecule has 0 spiro atoms. The second kappa shape index (κ2) is 8.06. The SMILES string of the molecule is CNCc1c(Br)ccc(OC)c1OCc1c(Cl)cccc1Cl. The standard InChI is InChI=1S/C16H16BrCl2NO2/c1-20-8-10-12(17)6-7-15(21-2)16(10)22-9-11-13(18)4-3-5-14(11)19/h3-7,20H,8-9H2,1-2H3. The van der Waals surface area contributed by atoms with Crippen LogP contribution < -0.4 is 14.8 Å². The molecule has 22 heavy (non-hydrogen) atoms. The number of halogens is 3. The zero-order chi connectivity index (χ0) is 16.1. The fourth-order valence-corrected chi connectivity index (χ4v) is 3.02. The minimum Gasteiger partial charge on any atom is -0.493 e. The second-order valence-electron chi connectivity index (χ2n) is 4.58. The van der Waals surface area contributed by atoms with E-state index in [1.807, 2.05) is 19.2 Å². The maximum absolute atomic E-state index is 6.18. The molecule has 0 atom stereocenters. The van der Waals surface area contributed by atoms with Crippen molar-refractivity contribution in [3.8, 4) is 11.5 Å². The summed E-state index contributed by atoms with van der Waals surface area (Å²) < 4.78 is 12.3. The Morgan fingerprint density at radius 3 is 2.36 bits per heavy atom. The molecule has 0 fully saturated rings. The molecule has 0 aliphatic heterocycles. The first-order chi connectivity index (χ1) is 10.6. The average Bonchev–Trinajstić information content (AvgIpc) is 2.50. The zero-order valence-corrected chi connectivity index (χ0v) is 15.3. The van der Waals surface area contributed by atoms with E-state index in [9.17, 15) is 0 Å². The van der Waals surface area contributed by atoms with Gasteiger partial charge in [-0.15, -0.1) is 0 Å². The number of hydrogen-bond acceptors (Lipinski definition) is 3. The lowest BCUT2D eigenvalue weighted by atomic mass is 10.1. The maximum atomic E-state index is 6.18. The Hall–Kier alpha value is -0.940. The summed E-state index contributed by atoms with van der Waals surface area (Å²) in [7, 11) is 3.49. The molecule has 2 rings (SSSR count). The zero-order valence-electron chi connectivity index (χ0n) is 12.3. The van der Waals surface area contributed by atoms with Crippen molar-refractivity contribution in [2.24, 2.45) is 0 Å². The Kier molecular flexibility index (Phi) is 6.38. The summed E-state index contributed by atoms with van der Waals surface area (Å²) >= 11 is 15.9. The van der Waals surface area contributed by atoms with Gasteiger partial charge in [0.15, 0.2) is 11.5 Å². The minimum atomic E-state index is 0.266. The fourth-order valence-electron chi connectivity index (χ4n) is 2.06. The Balaban J connectivity index is 2.34. The lowest BCUT2D eigenvalue weighted by Crippen LogP contribution is -2.09. The van der Waals surface area contributed by atoms with Crippen molar-refractivity contribution >= 4 is 39.1 Å². The molecule has 0 saturated carbocycles. The van der Waals surface area contributed by atoms with Gasteiger partial charge < -0.3 is 14.8 Å². The predicted octanol–water partition coefficient (Wildman–Crippen LogP) is 5.06. The molecule has 0 unspecified atom stereocenters. The highest BCUT2D eigenvalue weighted by Crippen LogP contribution is 2.37. The van der Waals surface area contributed by atoms with Crippen LogP contribution in [0.2, 0.25) is 10.0 Å². The van der Waals surface area contributed by atoms with Crippen molar-refractivity contribution in [1.29, 1.82) is 0 Å². The van der Waals surface area contributed by atoms with Crippen LogP contribution in [0.3, 0.4) is 0 Å². The van der Waals surface area contributed by atoms with Crippen LogP contribution in [0.25, 0.3) is 0 Å². The fraction of sp³-hybridized carbons (Fsp3) is 0.250. The van der Waals surface area contributed by atoms with Crippen molar-refractivity contribution in [1.82, 2.24) is 5.32 Å². The van der Waals surface area contributed by atoms with Gasteiger partial charge in [-0.2, -0.15) is 0 Å². The number of hydrogen-bond donors (Lipinski definition) is 1. The van der Waals surface area contributed by atoms with E-state index in [0.717, 1.165) is 15.6 Å². The van der Waals surface area contributed by atoms with Crippen molar-refractivity contribution in [2.75, 3.05) is 14.2 Å². The lowest BCUT2D eigenvalue weighted by Gasteiger charge is -2.17. The van der Waals surface area contributed by atoms with Crippen LogP contribution in [0.4, 0.5) is 0 Å². The molecule has 0 aliphatic carbocycles. The van der Waals surface area contributed by atoms with E-state index in [1.165, 1.54) is 0 Å². The van der Waals surface area contributed by atoms with Crippen molar-refractivity contribution in [3.05, 3.63) is 56.0 Å². The molecule has 0 bridgehead atoms. The van der Waals surface area contributed by atoms with E-state index in [-0.39, 0.29) is 6.61 Å². The minimum absolute atomic E-state index is 0.266. The highest BCUT2D eigenvalue weighted by Gasteiger charge is 2.15. The van der Waals surface area contributed by atoms with Gasteiger partial charge in [0.1, 0.15) is 6.61 Å². The first kappa shape index (κ1) is 17.4. The van der Waals surface area contributed by atoms with Gasteiger partial charge in [-0.1, -0.05) is 45.2 Å². The van der Waals surface area contributed by atoms with E-state index in [2.05, 4.69) is 21.2 Å². The Morgan fingerprint density at radius 1 is 1.09 bits per heavy atom. The molecule has 0 saturated heterocycles. The van der Waals surface area contributed by atoms with Crippen molar-refractivity contribution < 1.29 is 9.47 Å². The smallest absolute Gasteiger partial charge is 0.167 e. The molecular formula is C16H16BrCl2NO2. The molecule has 0 aliphatic rings. The van der Waals surface area contributed by atoms with Crippen LogP contribution in [-0.4, -0.2) is 14.2 Å². The number of ether oxygens (including phenoxy) is 2. The van der Waals surface area contributed by atoms with Gasteiger partial charge in [-0.25, -0.2) is 0 Å². The summed E-state index contributed by atoms with van der Waals surface area (Å²) in [5.74, 6) is 1.33. The number of methoxy groups -OCH3 is 1. The van der Waals surface area contributed by atoms with Gasteiger partial charge in [0.05, 0.1) is 7.11 Å². The molecule has 0 aromatic heterocycles. The first-order valence-electron chi connectivity index (χ1n) is 6.64. The Bertz CT molecular complexity index is 645. The Labute approximate surface area is 148 Å². The van der Waals surface area contributed by atoms with Gasteiger partial charge in [-0.05, 0) is 31.3 Å². The van der Waals surface area contributed by atoms with Crippen LogP contribution in [0, 0.1) is 0 Å². The van der Waals surface area contributed by atoms with E-state index in [4.69, 9.17) is 32.7 Å². The van der Waals surface area contributed by atoms with Crippen molar-refractivity contribution in [3.63, 3.8) is 0 Å². The first-order valence-corrected chi connectivity index (χ1v) is 8.19. The van der Waals surface area contributed by atoms with Gasteiger partial charge in [0, 0.05) is 32.2 Å². The topological polar surface area (TPSA) is 30.5 Å². The molecule has 3 nitrogen and oxygen atoms in total. The van der Waals surface area contributed by atoms with Crippen LogP contribution in [-0.2, 0) is 13.2 Å².